The van der Waals surface area contributed by atoms with Gasteiger partial charge in [0, 0.05) is 30.7 Å². The van der Waals surface area contributed by atoms with Crippen LogP contribution in [0.25, 0.3) is 0 Å². The van der Waals surface area contributed by atoms with E-state index >= 15 is 0 Å². The number of rotatable bonds is 4. The SMILES string of the molecule is NCc1cn(CC(O)c2cccnc2)nn1. The summed E-state index contributed by atoms with van der Waals surface area (Å²) in [6.45, 7) is 0.696. The van der Waals surface area contributed by atoms with E-state index in [0.29, 0.717) is 18.8 Å². The first-order valence-corrected chi connectivity index (χ1v) is 4.96. The summed E-state index contributed by atoms with van der Waals surface area (Å²) in [7, 11) is 0. The van der Waals surface area contributed by atoms with E-state index in [1.807, 2.05) is 6.07 Å². The second kappa shape index (κ2) is 4.82. The van der Waals surface area contributed by atoms with E-state index in [0.717, 1.165) is 5.56 Å². The van der Waals surface area contributed by atoms with Crippen LogP contribution in [0, 0.1) is 0 Å². The van der Waals surface area contributed by atoms with E-state index in [2.05, 4.69) is 15.3 Å². The summed E-state index contributed by atoms with van der Waals surface area (Å²) in [6, 6.07) is 3.60. The predicted molar refractivity (Wildman–Crippen MR) is 57.1 cm³/mol. The van der Waals surface area contributed by atoms with Gasteiger partial charge in [0.15, 0.2) is 0 Å². The quantitative estimate of drug-likeness (QED) is 0.747. The fourth-order valence-electron chi connectivity index (χ4n) is 1.38. The maximum atomic E-state index is 9.90. The molecule has 16 heavy (non-hydrogen) atoms. The predicted octanol–water partition coefficient (Wildman–Crippen LogP) is -0.135. The molecule has 1 unspecified atom stereocenters. The molecule has 0 bridgehead atoms. The minimum Gasteiger partial charge on any atom is -0.386 e. The molecule has 2 aromatic rings. The van der Waals surface area contributed by atoms with Gasteiger partial charge >= 0.3 is 0 Å². The van der Waals surface area contributed by atoms with Gasteiger partial charge in [-0.05, 0) is 6.07 Å². The highest BCUT2D eigenvalue weighted by Crippen LogP contribution is 2.12. The first kappa shape index (κ1) is 10.7. The zero-order chi connectivity index (χ0) is 11.4. The van der Waals surface area contributed by atoms with Crippen molar-refractivity contribution in [3.8, 4) is 0 Å². The number of pyridine rings is 1. The summed E-state index contributed by atoms with van der Waals surface area (Å²) in [5, 5.41) is 17.6. The lowest BCUT2D eigenvalue weighted by atomic mass is 10.2. The number of nitrogens with zero attached hydrogens (tertiary/aromatic N) is 4. The third kappa shape index (κ3) is 2.41. The highest BCUT2D eigenvalue weighted by atomic mass is 16.3. The standard InChI is InChI=1S/C10H13N5O/c11-4-9-6-15(14-13-9)7-10(16)8-2-1-3-12-5-8/h1-3,5-6,10,16H,4,7,11H2. The van der Waals surface area contributed by atoms with Crippen LogP contribution in [-0.2, 0) is 13.1 Å². The van der Waals surface area contributed by atoms with Gasteiger partial charge < -0.3 is 10.8 Å². The van der Waals surface area contributed by atoms with Crippen molar-refractivity contribution in [2.45, 2.75) is 19.2 Å². The van der Waals surface area contributed by atoms with Crippen LogP contribution in [0.15, 0.2) is 30.7 Å². The van der Waals surface area contributed by atoms with Gasteiger partial charge in [0.2, 0.25) is 0 Å². The van der Waals surface area contributed by atoms with Crippen LogP contribution in [0.3, 0.4) is 0 Å². The Bertz CT molecular complexity index is 441. The molecule has 0 spiro atoms. The second-order valence-electron chi connectivity index (χ2n) is 3.44. The molecule has 0 aliphatic heterocycles. The molecule has 0 aliphatic rings. The molecular formula is C10H13N5O. The van der Waals surface area contributed by atoms with Gasteiger partial charge in [-0.2, -0.15) is 0 Å². The number of aliphatic hydroxyl groups excluding tert-OH is 1. The Labute approximate surface area is 92.7 Å². The average Bonchev–Trinajstić information content (AvgIpc) is 2.78. The molecular weight excluding hydrogens is 206 g/mol. The van der Waals surface area contributed by atoms with E-state index < -0.39 is 6.10 Å². The van der Waals surface area contributed by atoms with Gasteiger partial charge in [-0.25, -0.2) is 4.68 Å². The Morgan fingerprint density at radius 3 is 3.00 bits per heavy atom. The topological polar surface area (TPSA) is 89.8 Å². The maximum Gasteiger partial charge on any atom is 0.100 e. The smallest absolute Gasteiger partial charge is 0.100 e. The molecule has 0 radical (unpaired) electrons. The van der Waals surface area contributed by atoms with Crippen LogP contribution in [-0.4, -0.2) is 25.1 Å². The summed E-state index contributed by atoms with van der Waals surface area (Å²) < 4.78 is 1.57. The van der Waals surface area contributed by atoms with Gasteiger partial charge in [0.25, 0.3) is 0 Å². The molecule has 0 aliphatic carbocycles. The van der Waals surface area contributed by atoms with E-state index in [1.54, 1.807) is 29.3 Å². The molecule has 6 nitrogen and oxygen atoms in total. The van der Waals surface area contributed by atoms with E-state index in [-0.39, 0.29) is 0 Å². The molecule has 0 saturated carbocycles. The van der Waals surface area contributed by atoms with Gasteiger partial charge in [-0.3, -0.25) is 4.98 Å². The second-order valence-corrected chi connectivity index (χ2v) is 3.44. The van der Waals surface area contributed by atoms with Crippen LogP contribution in [0.5, 0.6) is 0 Å². The van der Waals surface area contributed by atoms with E-state index in [9.17, 15) is 5.11 Å². The molecule has 0 saturated heterocycles. The molecule has 1 atom stereocenters. The number of nitrogens with two attached hydrogens (primary N) is 1. The lowest BCUT2D eigenvalue weighted by Crippen LogP contribution is -2.09. The van der Waals surface area contributed by atoms with Crippen molar-refractivity contribution >= 4 is 0 Å². The minimum absolute atomic E-state index is 0.346. The molecule has 2 heterocycles. The van der Waals surface area contributed by atoms with Crippen LogP contribution in [0.2, 0.25) is 0 Å². The highest BCUT2D eigenvalue weighted by molar-refractivity contribution is 5.11. The Morgan fingerprint density at radius 1 is 1.50 bits per heavy atom. The summed E-state index contributed by atoms with van der Waals surface area (Å²) in [4.78, 5) is 3.94. The lowest BCUT2D eigenvalue weighted by molar-refractivity contribution is 0.150. The van der Waals surface area contributed by atoms with Crippen LogP contribution in [0.1, 0.15) is 17.4 Å². The van der Waals surface area contributed by atoms with Crippen LogP contribution in [0.4, 0.5) is 0 Å². The average molecular weight is 219 g/mol. The van der Waals surface area contributed by atoms with Crippen molar-refractivity contribution in [3.63, 3.8) is 0 Å². The normalized spacial score (nSPS) is 12.6. The minimum atomic E-state index is -0.638. The van der Waals surface area contributed by atoms with Crippen molar-refractivity contribution in [2.75, 3.05) is 0 Å². The first-order chi connectivity index (χ1) is 7.79. The molecule has 0 fully saturated rings. The van der Waals surface area contributed by atoms with Gasteiger partial charge in [-0.15, -0.1) is 5.10 Å². The fraction of sp³-hybridized carbons (Fsp3) is 0.300. The largest absolute Gasteiger partial charge is 0.386 e. The number of aromatic nitrogens is 4. The van der Waals surface area contributed by atoms with Gasteiger partial charge in [-0.1, -0.05) is 11.3 Å². The van der Waals surface area contributed by atoms with Crippen molar-refractivity contribution in [1.29, 1.82) is 0 Å². The molecule has 0 aromatic carbocycles. The molecule has 3 N–H and O–H groups in total. The number of hydrogen-bond acceptors (Lipinski definition) is 5. The molecule has 6 heteroatoms. The van der Waals surface area contributed by atoms with Crippen molar-refractivity contribution in [2.24, 2.45) is 5.73 Å². The van der Waals surface area contributed by atoms with Crippen molar-refractivity contribution in [1.82, 2.24) is 20.0 Å². The van der Waals surface area contributed by atoms with Gasteiger partial charge in [0.05, 0.1) is 12.2 Å². The number of aliphatic hydroxyl groups is 1. The summed E-state index contributed by atoms with van der Waals surface area (Å²) in [6.07, 6.45) is 4.38. The van der Waals surface area contributed by atoms with Crippen LogP contribution >= 0.6 is 0 Å². The third-order valence-electron chi connectivity index (χ3n) is 2.22. The molecule has 2 rings (SSSR count). The van der Waals surface area contributed by atoms with Crippen molar-refractivity contribution in [3.05, 3.63) is 42.0 Å². The first-order valence-electron chi connectivity index (χ1n) is 4.96. The van der Waals surface area contributed by atoms with E-state index in [1.165, 1.54) is 0 Å². The summed E-state index contributed by atoms with van der Waals surface area (Å²) >= 11 is 0. The Kier molecular flexibility index (Phi) is 3.23. The third-order valence-corrected chi connectivity index (χ3v) is 2.22. The zero-order valence-electron chi connectivity index (χ0n) is 8.69. The Balaban J connectivity index is 2.05. The zero-order valence-corrected chi connectivity index (χ0v) is 8.69. The fourth-order valence-corrected chi connectivity index (χ4v) is 1.38. The summed E-state index contributed by atoms with van der Waals surface area (Å²) in [5.74, 6) is 0. The van der Waals surface area contributed by atoms with Crippen LogP contribution < -0.4 is 5.73 Å². The van der Waals surface area contributed by atoms with Crippen molar-refractivity contribution < 1.29 is 5.11 Å². The molecule has 2 aromatic heterocycles. The van der Waals surface area contributed by atoms with E-state index in [4.69, 9.17) is 5.73 Å². The molecule has 0 amide bonds. The Morgan fingerprint density at radius 2 is 2.38 bits per heavy atom. The number of hydrogen-bond donors (Lipinski definition) is 2. The monoisotopic (exact) mass is 219 g/mol. The Hall–Kier alpha value is -1.79. The van der Waals surface area contributed by atoms with Gasteiger partial charge in [0.1, 0.15) is 6.10 Å². The molecule has 84 valence electrons. The maximum absolute atomic E-state index is 9.90. The highest BCUT2D eigenvalue weighted by Gasteiger charge is 2.09. The lowest BCUT2D eigenvalue weighted by Gasteiger charge is -2.09. The summed E-state index contributed by atoms with van der Waals surface area (Å²) in [5.41, 5.74) is 6.88.